The van der Waals surface area contributed by atoms with Gasteiger partial charge in [-0.05, 0) is 89.9 Å². The maximum atomic E-state index is 13.5. The van der Waals surface area contributed by atoms with Crippen LogP contribution in [0.15, 0.2) is 89.8 Å². The van der Waals surface area contributed by atoms with Crippen molar-refractivity contribution in [2.75, 3.05) is 4.90 Å². The van der Waals surface area contributed by atoms with Crippen molar-refractivity contribution in [3.8, 4) is 11.5 Å². The van der Waals surface area contributed by atoms with Crippen LogP contribution in [0, 0.1) is 13.8 Å². The normalized spacial score (nSPS) is 17.1. The lowest BCUT2D eigenvalue weighted by Crippen LogP contribution is -2.29. The summed E-state index contributed by atoms with van der Waals surface area (Å²) in [6.45, 7) is 10.2. The fourth-order valence-corrected chi connectivity index (χ4v) is 5.62. The minimum atomic E-state index is -0.744. The zero-order chi connectivity index (χ0) is 27.9. The quantitative estimate of drug-likeness (QED) is 0.159. The van der Waals surface area contributed by atoms with E-state index in [-0.39, 0.29) is 16.7 Å². The van der Waals surface area contributed by atoms with Crippen LogP contribution >= 0.6 is 11.3 Å². The average molecular weight is 538 g/mol. The highest BCUT2D eigenvalue weighted by Crippen LogP contribution is 2.44. The number of aryl methyl sites for hydroxylation is 2. The lowest BCUT2D eigenvalue weighted by atomic mass is 9.84. The number of thiophene rings is 1. The summed E-state index contributed by atoms with van der Waals surface area (Å²) in [6.07, 6.45) is 0. The Labute approximate surface area is 233 Å². The van der Waals surface area contributed by atoms with Crippen LogP contribution in [0.3, 0.4) is 0 Å². The molecule has 0 aliphatic carbocycles. The van der Waals surface area contributed by atoms with Crippen LogP contribution in [0.4, 0.5) is 5.69 Å². The second-order valence-corrected chi connectivity index (χ2v) is 11.9. The lowest BCUT2D eigenvalue weighted by Gasteiger charge is -2.25. The number of ketones is 1. The minimum absolute atomic E-state index is 0.0942. The first kappa shape index (κ1) is 26.4. The van der Waals surface area contributed by atoms with Gasteiger partial charge in [-0.25, -0.2) is 0 Å². The topological polar surface area (TPSA) is 66.8 Å². The van der Waals surface area contributed by atoms with E-state index in [1.54, 1.807) is 24.3 Å². The third-order valence-electron chi connectivity index (χ3n) is 6.96. The van der Waals surface area contributed by atoms with Gasteiger partial charge < -0.3 is 9.84 Å². The molecule has 0 bridgehead atoms. The van der Waals surface area contributed by atoms with Crippen molar-refractivity contribution < 1.29 is 19.4 Å². The minimum Gasteiger partial charge on any atom is -0.507 e. The summed E-state index contributed by atoms with van der Waals surface area (Å²) in [6, 6.07) is 23.7. The van der Waals surface area contributed by atoms with Crippen molar-refractivity contribution in [2.24, 2.45) is 0 Å². The number of carbonyl (C=O) groups excluding carboxylic acids is 2. The third kappa shape index (κ3) is 5.12. The van der Waals surface area contributed by atoms with E-state index < -0.39 is 17.7 Å². The van der Waals surface area contributed by atoms with E-state index in [9.17, 15) is 14.7 Å². The van der Waals surface area contributed by atoms with Crippen molar-refractivity contribution in [3.63, 3.8) is 0 Å². The maximum Gasteiger partial charge on any atom is 0.300 e. The van der Waals surface area contributed by atoms with Gasteiger partial charge in [-0.2, -0.15) is 0 Å². The molecule has 3 aromatic carbocycles. The van der Waals surface area contributed by atoms with Crippen LogP contribution in [-0.2, 0) is 15.0 Å². The van der Waals surface area contributed by atoms with E-state index in [4.69, 9.17) is 4.74 Å². The number of amides is 1. The molecule has 0 spiro atoms. The molecule has 1 aliphatic rings. The Balaban J connectivity index is 1.58. The molecular weight excluding hydrogens is 506 g/mol. The van der Waals surface area contributed by atoms with Gasteiger partial charge in [0.15, 0.2) is 0 Å². The predicted octanol–water partition coefficient (Wildman–Crippen LogP) is 8.08. The number of anilines is 1. The number of hydrogen-bond donors (Lipinski definition) is 1. The molecule has 1 aromatic heterocycles. The fraction of sp³-hybridized carbons (Fsp3) is 0.212. The molecule has 1 unspecified atom stereocenters. The first-order valence-electron chi connectivity index (χ1n) is 12.8. The third-order valence-corrected chi connectivity index (χ3v) is 7.88. The van der Waals surface area contributed by atoms with Crippen LogP contribution in [0.1, 0.15) is 53.9 Å². The number of carbonyl (C=O) groups is 2. The lowest BCUT2D eigenvalue weighted by molar-refractivity contribution is -0.132. The summed E-state index contributed by atoms with van der Waals surface area (Å²) in [7, 11) is 0. The Morgan fingerprint density at radius 3 is 2.28 bits per heavy atom. The summed E-state index contributed by atoms with van der Waals surface area (Å²) in [4.78, 5) is 29.3. The SMILES string of the molecule is Cc1cccc(Oc2ccc(N3C(=O)C(=O)/C(=C(/O)c4cc(C(C)(C)C)ccc4C)C3c3cccs3)cc2)c1. The summed E-state index contributed by atoms with van der Waals surface area (Å²) in [5.74, 6) is -0.200. The highest BCUT2D eigenvalue weighted by Gasteiger charge is 2.47. The number of hydrogen-bond acceptors (Lipinski definition) is 5. The van der Waals surface area contributed by atoms with Crippen molar-refractivity contribution >= 4 is 34.5 Å². The van der Waals surface area contributed by atoms with E-state index in [2.05, 4.69) is 20.8 Å². The highest BCUT2D eigenvalue weighted by molar-refractivity contribution is 7.10. The largest absolute Gasteiger partial charge is 0.507 e. The van der Waals surface area contributed by atoms with Crippen molar-refractivity contribution in [1.29, 1.82) is 0 Å². The standard InChI is InChI=1S/C33H31NO4S/c1-20-8-6-9-25(18-20)38-24-15-13-23(14-16-24)34-29(27-10-7-17-39-27)28(31(36)32(34)37)30(35)26-19-22(33(3,4)5)12-11-21(26)2/h6-19,29,35H,1-5H3/b30-28+. The molecule has 6 heteroatoms. The average Bonchev–Trinajstić information content (AvgIpc) is 3.51. The molecule has 5 rings (SSSR count). The van der Waals surface area contributed by atoms with Gasteiger partial charge in [0.25, 0.3) is 11.7 Å². The van der Waals surface area contributed by atoms with E-state index >= 15 is 0 Å². The Morgan fingerprint density at radius 2 is 1.64 bits per heavy atom. The molecule has 5 nitrogen and oxygen atoms in total. The fourth-order valence-electron chi connectivity index (χ4n) is 4.79. The molecule has 39 heavy (non-hydrogen) atoms. The monoisotopic (exact) mass is 537 g/mol. The molecule has 1 fully saturated rings. The second kappa shape index (κ2) is 10.2. The maximum absolute atomic E-state index is 13.5. The van der Waals surface area contributed by atoms with Gasteiger partial charge in [0.1, 0.15) is 23.3 Å². The molecular formula is C33H31NO4S. The number of rotatable bonds is 5. The molecule has 4 aromatic rings. The summed E-state index contributed by atoms with van der Waals surface area (Å²) < 4.78 is 5.98. The molecule has 0 radical (unpaired) electrons. The van der Waals surface area contributed by atoms with E-state index in [0.717, 1.165) is 27.3 Å². The number of ether oxygens (including phenoxy) is 1. The molecule has 1 N–H and O–H groups in total. The Kier molecular flexibility index (Phi) is 6.91. The van der Waals surface area contributed by atoms with E-state index in [1.165, 1.54) is 16.2 Å². The molecule has 2 heterocycles. The molecule has 1 amide bonds. The van der Waals surface area contributed by atoms with Crippen molar-refractivity contribution in [3.05, 3.63) is 117 Å². The molecule has 1 aliphatic heterocycles. The zero-order valence-electron chi connectivity index (χ0n) is 22.7. The van der Waals surface area contributed by atoms with Gasteiger partial charge in [0, 0.05) is 16.1 Å². The second-order valence-electron chi connectivity index (χ2n) is 10.9. The van der Waals surface area contributed by atoms with Gasteiger partial charge in [0.2, 0.25) is 0 Å². The van der Waals surface area contributed by atoms with Gasteiger partial charge in [-0.15, -0.1) is 11.3 Å². The summed E-state index contributed by atoms with van der Waals surface area (Å²) in [5.41, 5.74) is 4.00. The smallest absolute Gasteiger partial charge is 0.300 e. The number of benzene rings is 3. The number of aliphatic hydroxyl groups is 1. The first-order valence-corrected chi connectivity index (χ1v) is 13.7. The van der Waals surface area contributed by atoms with Crippen molar-refractivity contribution in [2.45, 2.75) is 46.1 Å². The van der Waals surface area contributed by atoms with E-state index in [0.29, 0.717) is 17.0 Å². The Bertz CT molecular complexity index is 1580. The van der Waals surface area contributed by atoms with Gasteiger partial charge in [0.05, 0.1) is 5.57 Å². The Hall–Kier alpha value is -4.16. The van der Waals surface area contributed by atoms with Gasteiger partial charge in [-0.3, -0.25) is 14.5 Å². The highest BCUT2D eigenvalue weighted by atomic mass is 32.1. The van der Waals surface area contributed by atoms with Crippen molar-refractivity contribution in [1.82, 2.24) is 0 Å². The van der Waals surface area contributed by atoms with Crippen LogP contribution in [-0.4, -0.2) is 16.8 Å². The molecule has 0 saturated carbocycles. The van der Waals surface area contributed by atoms with Crippen LogP contribution in [0.5, 0.6) is 11.5 Å². The molecule has 1 atom stereocenters. The number of nitrogens with zero attached hydrogens (tertiary/aromatic N) is 1. The van der Waals surface area contributed by atoms with Gasteiger partial charge in [-0.1, -0.05) is 51.1 Å². The number of aliphatic hydroxyl groups excluding tert-OH is 1. The zero-order valence-corrected chi connectivity index (χ0v) is 23.5. The number of Topliss-reactive ketones (excluding diaryl/α,β-unsaturated/α-hetero) is 1. The summed E-state index contributed by atoms with van der Waals surface area (Å²) >= 11 is 1.44. The van der Waals surface area contributed by atoms with Crippen LogP contribution < -0.4 is 9.64 Å². The Morgan fingerprint density at radius 1 is 0.897 bits per heavy atom. The van der Waals surface area contributed by atoms with Gasteiger partial charge >= 0.3 is 0 Å². The molecule has 198 valence electrons. The molecule has 1 saturated heterocycles. The first-order chi connectivity index (χ1) is 18.5. The predicted molar refractivity (Wildman–Crippen MR) is 157 cm³/mol. The van der Waals surface area contributed by atoms with Crippen LogP contribution in [0.2, 0.25) is 0 Å². The van der Waals surface area contributed by atoms with E-state index in [1.807, 2.05) is 73.8 Å². The summed E-state index contributed by atoms with van der Waals surface area (Å²) in [5, 5.41) is 13.5. The van der Waals surface area contributed by atoms with Crippen LogP contribution in [0.25, 0.3) is 5.76 Å².